The quantitative estimate of drug-likeness (QED) is 0.462. The first kappa shape index (κ1) is 11.3. The summed E-state index contributed by atoms with van der Waals surface area (Å²) in [5, 5.41) is 13.7. The highest BCUT2D eigenvalue weighted by Crippen LogP contribution is 2.11. The maximum Gasteiger partial charge on any atom is 0.334 e. The van der Waals surface area contributed by atoms with E-state index in [9.17, 15) is 9.90 Å². The van der Waals surface area contributed by atoms with Crippen LogP contribution in [0.15, 0.2) is 12.1 Å². The first-order valence-corrected chi connectivity index (χ1v) is 4.63. The average molecular weight is 210 g/mol. The van der Waals surface area contributed by atoms with Gasteiger partial charge in [-0.15, -0.1) is 0 Å². The SMILES string of the molecule is CCOC(=O)C=C(O)c1cc(C)nn1C. The Balaban J connectivity index is 2.88. The number of aromatic nitrogens is 2. The summed E-state index contributed by atoms with van der Waals surface area (Å²) < 4.78 is 6.18. The lowest BCUT2D eigenvalue weighted by Crippen LogP contribution is -2.03. The second-order valence-electron chi connectivity index (χ2n) is 3.08. The number of carbonyl (C=O) groups is 1. The Morgan fingerprint density at radius 3 is 2.87 bits per heavy atom. The van der Waals surface area contributed by atoms with Gasteiger partial charge in [0.05, 0.1) is 18.4 Å². The molecule has 0 radical (unpaired) electrons. The number of carbonyl (C=O) groups excluding carboxylic acids is 1. The molecule has 0 amide bonds. The normalized spacial score (nSPS) is 11.5. The van der Waals surface area contributed by atoms with Crippen LogP contribution in [-0.4, -0.2) is 27.5 Å². The Kier molecular flexibility index (Phi) is 3.49. The third kappa shape index (κ3) is 2.83. The first-order valence-electron chi connectivity index (χ1n) is 4.63. The molecule has 0 atom stereocenters. The Morgan fingerprint density at radius 1 is 1.73 bits per heavy atom. The molecular formula is C10H14N2O3. The van der Waals surface area contributed by atoms with Gasteiger partial charge in [-0.05, 0) is 19.9 Å². The van der Waals surface area contributed by atoms with Gasteiger partial charge in [-0.1, -0.05) is 0 Å². The van der Waals surface area contributed by atoms with Crippen molar-refractivity contribution in [3.63, 3.8) is 0 Å². The van der Waals surface area contributed by atoms with Crippen molar-refractivity contribution in [2.75, 3.05) is 6.61 Å². The topological polar surface area (TPSA) is 64.3 Å². The number of esters is 1. The van der Waals surface area contributed by atoms with Crippen LogP contribution in [0.1, 0.15) is 18.3 Å². The van der Waals surface area contributed by atoms with E-state index < -0.39 is 5.97 Å². The molecule has 0 aliphatic heterocycles. The maximum atomic E-state index is 11.1. The zero-order valence-electron chi connectivity index (χ0n) is 9.02. The average Bonchev–Trinajstić information content (AvgIpc) is 2.45. The molecule has 5 heteroatoms. The number of hydrogen-bond acceptors (Lipinski definition) is 4. The second kappa shape index (κ2) is 4.63. The summed E-state index contributed by atoms with van der Waals surface area (Å²) in [7, 11) is 1.69. The number of hydrogen-bond donors (Lipinski definition) is 1. The van der Waals surface area contributed by atoms with Crippen LogP contribution in [0.2, 0.25) is 0 Å². The highest BCUT2D eigenvalue weighted by Gasteiger charge is 2.08. The fourth-order valence-corrected chi connectivity index (χ4v) is 1.22. The Labute approximate surface area is 88.0 Å². The van der Waals surface area contributed by atoms with Crippen molar-refractivity contribution in [2.24, 2.45) is 7.05 Å². The zero-order chi connectivity index (χ0) is 11.4. The van der Waals surface area contributed by atoms with Crippen molar-refractivity contribution in [2.45, 2.75) is 13.8 Å². The molecule has 0 aromatic carbocycles. The summed E-state index contributed by atoms with van der Waals surface area (Å²) in [6.45, 7) is 3.80. The predicted octanol–water partition coefficient (Wildman–Crippen LogP) is 1.19. The van der Waals surface area contributed by atoms with Crippen LogP contribution < -0.4 is 0 Å². The number of ether oxygens (including phenoxy) is 1. The van der Waals surface area contributed by atoms with E-state index in [1.165, 1.54) is 4.68 Å². The third-order valence-electron chi connectivity index (χ3n) is 1.81. The molecule has 1 heterocycles. The number of nitrogens with zero attached hydrogens (tertiary/aromatic N) is 2. The molecule has 15 heavy (non-hydrogen) atoms. The van der Waals surface area contributed by atoms with Gasteiger partial charge in [0.2, 0.25) is 0 Å². The van der Waals surface area contributed by atoms with Crippen molar-refractivity contribution in [3.05, 3.63) is 23.5 Å². The number of aliphatic hydroxyl groups excluding tert-OH is 1. The van der Waals surface area contributed by atoms with Gasteiger partial charge >= 0.3 is 5.97 Å². The fraction of sp³-hybridized carbons (Fsp3) is 0.400. The van der Waals surface area contributed by atoms with Gasteiger partial charge in [0.25, 0.3) is 0 Å². The van der Waals surface area contributed by atoms with E-state index >= 15 is 0 Å². The molecule has 0 aliphatic carbocycles. The van der Waals surface area contributed by atoms with Crippen LogP contribution in [0.3, 0.4) is 0 Å². The van der Waals surface area contributed by atoms with E-state index in [1.807, 2.05) is 0 Å². The molecule has 0 saturated carbocycles. The van der Waals surface area contributed by atoms with Crippen molar-refractivity contribution < 1.29 is 14.6 Å². The molecule has 0 saturated heterocycles. The summed E-state index contributed by atoms with van der Waals surface area (Å²) in [6, 6.07) is 1.69. The number of aliphatic hydroxyl groups is 1. The summed E-state index contributed by atoms with van der Waals surface area (Å²) in [4.78, 5) is 11.1. The van der Waals surface area contributed by atoms with Gasteiger partial charge in [0.15, 0.2) is 0 Å². The Morgan fingerprint density at radius 2 is 2.40 bits per heavy atom. The van der Waals surface area contributed by atoms with E-state index in [0.717, 1.165) is 11.8 Å². The summed E-state index contributed by atoms with van der Waals surface area (Å²) in [6.07, 6.45) is 1.04. The molecule has 0 fully saturated rings. The predicted molar refractivity (Wildman–Crippen MR) is 55.2 cm³/mol. The Bertz CT molecular complexity index is 393. The fourth-order valence-electron chi connectivity index (χ4n) is 1.22. The van der Waals surface area contributed by atoms with E-state index in [4.69, 9.17) is 0 Å². The smallest absolute Gasteiger partial charge is 0.334 e. The van der Waals surface area contributed by atoms with E-state index in [0.29, 0.717) is 5.69 Å². The van der Waals surface area contributed by atoms with Crippen molar-refractivity contribution in [1.82, 2.24) is 9.78 Å². The molecular weight excluding hydrogens is 196 g/mol. The lowest BCUT2D eigenvalue weighted by molar-refractivity contribution is -0.137. The highest BCUT2D eigenvalue weighted by molar-refractivity contribution is 5.88. The summed E-state index contributed by atoms with van der Waals surface area (Å²) in [5.74, 6) is -0.703. The summed E-state index contributed by atoms with van der Waals surface area (Å²) in [5.41, 5.74) is 1.26. The lowest BCUT2D eigenvalue weighted by atomic mass is 10.3. The largest absolute Gasteiger partial charge is 0.505 e. The molecule has 5 nitrogen and oxygen atoms in total. The Hall–Kier alpha value is -1.78. The van der Waals surface area contributed by atoms with E-state index in [1.54, 1.807) is 27.0 Å². The van der Waals surface area contributed by atoms with Crippen molar-refractivity contribution in [1.29, 1.82) is 0 Å². The van der Waals surface area contributed by atoms with Gasteiger partial charge in [-0.2, -0.15) is 5.10 Å². The number of rotatable bonds is 3. The number of aryl methyl sites for hydroxylation is 2. The van der Waals surface area contributed by atoms with Crippen molar-refractivity contribution >= 4 is 11.7 Å². The van der Waals surface area contributed by atoms with Gasteiger partial charge in [0.1, 0.15) is 11.5 Å². The van der Waals surface area contributed by atoms with Crippen LogP contribution in [0.25, 0.3) is 5.76 Å². The molecule has 1 aromatic heterocycles. The van der Waals surface area contributed by atoms with Crippen LogP contribution >= 0.6 is 0 Å². The first-order chi connectivity index (χ1) is 7.04. The minimum atomic E-state index is -0.561. The van der Waals surface area contributed by atoms with E-state index in [2.05, 4.69) is 9.84 Å². The van der Waals surface area contributed by atoms with E-state index in [-0.39, 0.29) is 12.4 Å². The molecule has 0 spiro atoms. The maximum absolute atomic E-state index is 11.1. The molecule has 0 unspecified atom stereocenters. The van der Waals surface area contributed by atoms with Crippen LogP contribution in [0.5, 0.6) is 0 Å². The monoisotopic (exact) mass is 210 g/mol. The lowest BCUT2D eigenvalue weighted by Gasteiger charge is -2.00. The third-order valence-corrected chi connectivity index (χ3v) is 1.81. The highest BCUT2D eigenvalue weighted by atomic mass is 16.5. The standard InChI is InChI=1S/C10H14N2O3/c1-4-15-10(14)6-9(13)8-5-7(2)11-12(8)3/h5-6,13H,4H2,1-3H3. The molecule has 82 valence electrons. The van der Waals surface area contributed by atoms with Crippen molar-refractivity contribution in [3.8, 4) is 0 Å². The molecule has 1 aromatic rings. The van der Waals surface area contributed by atoms with Gasteiger partial charge in [0, 0.05) is 7.05 Å². The molecule has 0 aliphatic rings. The van der Waals surface area contributed by atoms with Crippen LogP contribution in [0.4, 0.5) is 0 Å². The minimum Gasteiger partial charge on any atom is -0.505 e. The van der Waals surface area contributed by atoms with Crippen LogP contribution in [0, 0.1) is 6.92 Å². The second-order valence-corrected chi connectivity index (χ2v) is 3.08. The van der Waals surface area contributed by atoms with Gasteiger partial charge < -0.3 is 9.84 Å². The minimum absolute atomic E-state index is 0.142. The zero-order valence-corrected chi connectivity index (χ0v) is 9.02. The molecule has 1 rings (SSSR count). The van der Waals surface area contributed by atoms with Gasteiger partial charge in [-0.3, -0.25) is 4.68 Å². The summed E-state index contributed by atoms with van der Waals surface area (Å²) >= 11 is 0. The molecule has 1 N–H and O–H groups in total. The van der Waals surface area contributed by atoms with Crippen LogP contribution in [-0.2, 0) is 16.6 Å². The molecule has 0 bridgehead atoms. The van der Waals surface area contributed by atoms with Gasteiger partial charge in [-0.25, -0.2) is 4.79 Å².